The Balaban J connectivity index is 1.71. The van der Waals surface area contributed by atoms with Gasteiger partial charge in [-0.15, -0.1) is 0 Å². The molecule has 1 heterocycles. The summed E-state index contributed by atoms with van der Waals surface area (Å²) in [7, 11) is 1.63. The first kappa shape index (κ1) is 23.8. The van der Waals surface area contributed by atoms with Crippen LogP contribution in [0.3, 0.4) is 0 Å². The van der Waals surface area contributed by atoms with Crippen molar-refractivity contribution in [1.82, 2.24) is 0 Å². The van der Waals surface area contributed by atoms with Crippen molar-refractivity contribution in [2.75, 3.05) is 32.1 Å². The fourth-order valence-corrected chi connectivity index (χ4v) is 4.58. The second-order valence-electron chi connectivity index (χ2n) is 8.83. The maximum absolute atomic E-state index is 13.3. The minimum Gasteiger partial charge on any atom is -0.497 e. The molecule has 1 N–H and O–H groups in total. The SMILES string of the molecule is COc1cc(C)c(NC(=O)C(C)[N+]2(CC(=O)OCc3ccccc3)CCCCC2)c(C)c1. The fourth-order valence-electron chi connectivity index (χ4n) is 4.58. The molecular formula is C26H35N2O4+. The number of nitrogens with zero attached hydrogens (tertiary/aromatic N) is 1. The second-order valence-corrected chi connectivity index (χ2v) is 8.83. The number of nitrogens with one attached hydrogen (secondary N) is 1. The standard InChI is InChI=1S/C26H34N2O4/c1-19-15-23(31-4)16-20(2)25(19)27-26(30)21(3)28(13-9-6-10-14-28)17-24(29)32-18-22-11-7-5-8-12-22/h5,7-8,11-12,15-16,21H,6,9-10,13-14,17-18H2,1-4H3/p+1. The van der Waals surface area contributed by atoms with Gasteiger partial charge in [-0.2, -0.15) is 0 Å². The first-order valence-corrected chi connectivity index (χ1v) is 11.4. The number of carbonyl (C=O) groups is 2. The van der Waals surface area contributed by atoms with Crippen LogP contribution in [0, 0.1) is 13.8 Å². The van der Waals surface area contributed by atoms with Crippen LogP contribution in [0.5, 0.6) is 5.75 Å². The van der Waals surface area contributed by atoms with E-state index in [1.54, 1.807) is 7.11 Å². The maximum atomic E-state index is 13.3. The summed E-state index contributed by atoms with van der Waals surface area (Å²) >= 11 is 0. The summed E-state index contributed by atoms with van der Waals surface area (Å²) < 4.78 is 11.3. The Morgan fingerprint density at radius 2 is 1.66 bits per heavy atom. The highest BCUT2D eigenvalue weighted by atomic mass is 16.5. The molecule has 1 fully saturated rings. The van der Waals surface area contributed by atoms with Gasteiger partial charge in [-0.3, -0.25) is 4.79 Å². The summed E-state index contributed by atoms with van der Waals surface area (Å²) in [5, 5.41) is 3.12. The number of rotatable bonds is 8. The zero-order valence-corrected chi connectivity index (χ0v) is 19.6. The topological polar surface area (TPSA) is 64.6 Å². The van der Waals surface area contributed by atoms with Gasteiger partial charge in [0.2, 0.25) is 0 Å². The van der Waals surface area contributed by atoms with Crippen LogP contribution < -0.4 is 10.1 Å². The number of ether oxygens (including phenoxy) is 2. The van der Waals surface area contributed by atoms with Crippen molar-refractivity contribution >= 4 is 17.6 Å². The molecule has 6 heteroatoms. The van der Waals surface area contributed by atoms with Crippen molar-refractivity contribution < 1.29 is 23.5 Å². The van der Waals surface area contributed by atoms with Crippen LogP contribution in [-0.4, -0.2) is 49.1 Å². The molecule has 32 heavy (non-hydrogen) atoms. The van der Waals surface area contributed by atoms with E-state index in [1.165, 1.54) is 0 Å². The van der Waals surface area contributed by atoms with Gasteiger partial charge in [0.1, 0.15) is 12.4 Å². The molecule has 1 aliphatic heterocycles. The molecule has 0 spiro atoms. The van der Waals surface area contributed by atoms with Crippen molar-refractivity contribution in [3.63, 3.8) is 0 Å². The highest BCUT2D eigenvalue weighted by molar-refractivity contribution is 5.95. The van der Waals surface area contributed by atoms with E-state index in [-0.39, 0.29) is 31.1 Å². The summed E-state index contributed by atoms with van der Waals surface area (Å²) in [6.07, 6.45) is 3.14. The number of hydrogen-bond acceptors (Lipinski definition) is 4. The lowest BCUT2D eigenvalue weighted by Crippen LogP contribution is -2.63. The molecule has 1 aliphatic rings. The minimum absolute atomic E-state index is 0.0703. The molecule has 6 nitrogen and oxygen atoms in total. The van der Waals surface area contributed by atoms with Crippen molar-refractivity contribution in [2.24, 2.45) is 0 Å². The van der Waals surface area contributed by atoms with Gasteiger partial charge in [-0.05, 0) is 68.9 Å². The van der Waals surface area contributed by atoms with Gasteiger partial charge >= 0.3 is 5.97 Å². The van der Waals surface area contributed by atoms with E-state index in [9.17, 15) is 9.59 Å². The molecule has 1 atom stereocenters. The zero-order valence-electron chi connectivity index (χ0n) is 19.6. The van der Waals surface area contributed by atoms with E-state index in [0.29, 0.717) is 4.48 Å². The number of piperidine rings is 1. The average Bonchev–Trinajstić information content (AvgIpc) is 2.80. The molecular weight excluding hydrogens is 404 g/mol. The van der Waals surface area contributed by atoms with Crippen LogP contribution in [0.2, 0.25) is 0 Å². The fraction of sp³-hybridized carbons (Fsp3) is 0.462. The Morgan fingerprint density at radius 1 is 1.03 bits per heavy atom. The molecule has 0 bridgehead atoms. The Kier molecular flexibility index (Phi) is 7.91. The lowest BCUT2D eigenvalue weighted by atomic mass is 10.0. The molecule has 1 unspecified atom stereocenters. The second kappa shape index (κ2) is 10.6. The summed E-state index contributed by atoms with van der Waals surface area (Å²) in [6, 6.07) is 13.1. The Hall–Kier alpha value is -2.86. The van der Waals surface area contributed by atoms with Crippen LogP contribution in [0.1, 0.15) is 42.9 Å². The van der Waals surface area contributed by atoms with Crippen LogP contribution in [0.25, 0.3) is 0 Å². The molecule has 1 saturated heterocycles. The van der Waals surface area contributed by atoms with E-state index in [0.717, 1.165) is 60.5 Å². The van der Waals surface area contributed by atoms with Crippen LogP contribution >= 0.6 is 0 Å². The first-order valence-electron chi connectivity index (χ1n) is 11.4. The van der Waals surface area contributed by atoms with E-state index >= 15 is 0 Å². The molecule has 1 amide bonds. The predicted molar refractivity (Wildman–Crippen MR) is 126 cm³/mol. The van der Waals surface area contributed by atoms with Gasteiger partial charge in [-0.1, -0.05) is 30.3 Å². The zero-order chi connectivity index (χ0) is 23.1. The molecule has 0 radical (unpaired) electrons. The third-order valence-corrected chi connectivity index (χ3v) is 6.58. The number of amides is 1. The third kappa shape index (κ3) is 5.68. The van der Waals surface area contributed by atoms with Crippen molar-refractivity contribution in [1.29, 1.82) is 0 Å². The van der Waals surface area contributed by atoms with Crippen molar-refractivity contribution in [3.8, 4) is 5.75 Å². The van der Waals surface area contributed by atoms with Gasteiger partial charge in [0.05, 0.1) is 20.2 Å². The molecule has 172 valence electrons. The smallest absolute Gasteiger partial charge is 0.362 e. The number of carbonyl (C=O) groups excluding carboxylic acids is 2. The van der Waals surface area contributed by atoms with E-state index < -0.39 is 0 Å². The molecule has 0 saturated carbocycles. The molecule has 3 rings (SSSR count). The Morgan fingerprint density at radius 3 is 2.25 bits per heavy atom. The Bertz CT molecular complexity index is 913. The summed E-state index contributed by atoms with van der Waals surface area (Å²) in [6.45, 7) is 7.92. The van der Waals surface area contributed by atoms with Crippen molar-refractivity contribution in [3.05, 3.63) is 59.2 Å². The number of likely N-dealkylation sites (tertiary alicyclic amines) is 1. The molecule has 0 aromatic heterocycles. The molecule has 2 aromatic rings. The summed E-state index contributed by atoms with van der Waals surface area (Å²) in [5.41, 5.74) is 3.68. The number of anilines is 1. The molecule has 0 aliphatic carbocycles. The van der Waals surface area contributed by atoms with Gasteiger partial charge < -0.3 is 19.3 Å². The summed E-state index contributed by atoms with van der Waals surface area (Å²) in [4.78, 5) is 26.1. The van der Waals surface area contributed by atoms with Gasteiger partial charge in [0.15, 0.2) is 12.6 Å². The van der Waals surface area contributed by atoms with Gasteiger partial charge in [0, 0.05) is 5.69 Å². The first-order chi connectivity index (χ1) is 15.3. The average molecular weight is 440 g/mol. The van der Waals surface area contributed by atoms with Crippen LogP contribution in [0.15, 0.2) is 42.5 Å². The highest BCUT2D eigenvalue weighted by Gasteiger charge is 2.42. The lowest BCUT2D eigenvalue weighted by molar-refractivity contribution is -0.938. The number of methoxy groups -OCH3 is 1. The van der Waals surface area contributed by atoms with E-state index in [2.05, 4.69) is 5.32 Å². The minimum atomic E-state index is -0.361. The number of quaternary nitrogens is 1. The van der Waals surface area contributed by atoms with Crippen LogP contribution in [-0.2, 0) is 20.9 Å². The van der Waals surface area contributed by atoms with Gasteiger partial charge in [0.25, 0.3) is 5.91 Å². The largest absolute Gasteiger partial charge is 0.497 e. The Labute approximate surface area is 191 Å². The number of hydrogen-bond donors (Lipinski definition) is 1. The number of esters is 1. The lowest BCUT2D eigenvalue weighted by Gasteiger charge is -2.44. The van der Waals surface area contributed by atoms with E-state index in [1.807, 2.05) is 63.2 Å². The van der Waals surface area contributed by atoms with Crippen molar-refractivity contribution in [2.45, 2.75) is 52.7 Å². The summed E-state index contributed by atoms with van der Waals surface area (Å²) in [5.74, 6) is 0.443. The monoisotopic (exact) mass is 439 g/mol. The third-order valence-electron chi connectivity index (χ3n) is 6.58. The number of benzene rings is 2. The highest BCUT2D eigenvalue weighted by Crippen LogP contribution is 2.28. The number of aryl methyl sites for hydroxylation is 2. The quantitative estimate of drug-likeness (QED) is 0.490. The predicted octanol–water partition coefficient (Wildman–Crippen LogP) is 4.38. The maximum Gasteiger partial charge on any atom is 0.362 e. The molecule has 2 aromatic carbocycles. The van der Waals surface area contributed by atoms with Crippen LogP contribution in [0.4, 0.5) is 5.69 Å². The van der Waals surface area contributed by atoms with E-state index in [4.69, 9.17) is 9.47 Å². The van der Waals surface area contributed by atoms with Gasteiger partial charge in [-0.25, -0.2) is 4.79 Å². The normalized spacial score (nSPS) is 16.1.